The molecular formula is C12H8N4OS. The van der Waals surface area contributed by atoms with E-state index in [0.717, 1.165) is 15.9 Å². The molecule has 0 aliphatic carbocycles. The van der Waals surface area contributed by atoms with Crippen molar-refractivity contribution in [3.05, 3.63) is 48.0 Å². The maximum atomic E-state index is 11.9. The molecule has 2 heterocycles. The normalized spacial score (nSPS) is 10.4. The Balaban J connectivity index is 1.86. The number of rotatable bonds is 2. The first kappa shape index (κ1) is 10.8. The Bertz CT molecular complexity index is 695. The van der Waals surface area contributed by atoms with Crippen molar-refractivity contribution in [1.29, 1.82) is 0 Å². The second kappa shape index (κ2) is 4.50. The molecule has 2 aromatic heterocycles. The lowest BCUT2D eigenvalue weighted by atomic mass is 10.3. The molecule has 0 spiro atoms. The number of fused-ring (bicyclic) bond motifs is 1. The van der Waals surface area contributed by atoms with Crippen LogP contribution in [-0.2, 0) is 0 Å². The van der Waals surface area contributed by atoms with Gasteiger partial charge in [-0.1, -0.05) is 0 Å². The highest BCUT2D eigenvalue weighted by molar-refractivity contribution is 7.16. The number of anilines is 1. The van der Waals surface area contributed by atoms with Crippen LogP contribution in [0.15, 0.2) is 42.3 Å². The molecule has 3 aromatic rings. The molecule has 0 atom stereocenters. The minimum Gasteiger partial charge on any atom is -0.321 e. The van der Waals surface area contributed by atoms with Crippen LogP contribution in [0.4, 0.5) is 5.69 Å². The van der Waals surface area contributed by atoms with Gasteiger partial charge in [0.1, 0.15) is 12.0 Å². The number of benzene rings is 1. The van der Waals surface area contributed by atoms with Crippen LogP contribution in [0.3, 0.4) is 0 Å². The van der Waals surface area contributed by atoms with E-state index in [4.69, 9.17) is 0 Å². The van der Waals surface area contributed by atoms with Crippen molar-refractivity contribution in [1.82, 2.24) is 15.0 Å². The van der Waals surface area contributed by atoms with Crippen LogP contribution in [-0.4, -0.2) is 20.9 Å². The highest BCUT2D eigenvalue weighted by Crippen LogP contribution is 2.21. The Kier molecular flexibility index (Phi) is 2.70. The molecule has 1 N–H and O–H groups in total. The van der Waals surface area contributed by atoms with Crippen LogP contribution in [0.25, 0.3) is 10.2 Å². The number of nitrogens with zero attached hydrogens (tertiary/aromatic N) is 3. The van der Waals surface area contributed by atoms with E-state index in [1.807, 2.05) is 18.2 Å². The lowest BCUT2D eigenvalue weighted by Crippen LogP contribution is -2.13. The average molecular weight is 256 g/mol. The van der Waals surface area contributed by atoms with Gasteiger partial charge in [0.25, 0.3) is 5.91 Å². The zero-order valence-electron chi connectivity index (χ0n) is 9.20. The van der Waals surface area contributed by atoms with Gasteiger partial charge in [0.2, 0.25) is 0 Å². The number of thiazole rings is 1. The van der Waals surface area contributed by atoms with Gasteiger partial charge in [0.15, 0.2) is 0 Å². The Hall–Kier alpha value is -2.34. The smallest absolute Gasteiger partial charge is 0.274 e. The van der Waals surface area contributed by atoms with Gasteiger partial charge >= 0.3 is 0 Å². The molecule has 0 aliphatic rings. The maximum absolute atomic E-state index is 11.9. The zero-order valence-corrected chi connectivity index (χ0v) is 10.0. The summed E-state index contributed by atoms with van der Waals surface area (Å²) in [5.74, 6) is -0.249. The minimum atomic E-state index is -0.249. The van der Waals surface area contributed by atoms with E-state index < -0.39 is 0 Å². The Morgan fingerprint density at radius 1 is 1.22 bits per heavy atom. The number of aromatic nitrogens is 3. The van der Waals surface area contributed by atoms with Crippen molar-refractivity contribution in [2.45, 2.75) is 0 Å². The molecule has 0 radical (unpaired) electrons. The first-order valence-electron chi connectivity index (χ1n) is 5.23. The van der Waals surface area contributed by atoms with Gasteiger partial charge in [-0.05, 0) is 24.3 Å². The van der Waals surface area contributed by atoms with Crippen molar-refractivity contribution >= 4 is 33.1 Å². The quantitative estimate of drug-likeness (QED) is 0.764. The van der Waals surface area contributed by atoms with Gasteiger partial charge in [-0.15, -0.1) is 11.3 Å². The molecule has 0 saturated heterocycles. The van der Waals surface area contributed by atoms with Crippen molar-refractivity contribution < 1.29 is 4.79 Å². The second-order valence-electron chi connectivity index (χ2n) is 3.58. The molecule has 5 nitrogen and oxygen atoms in total. The number of carbonyl (C=O) groups excluding carboxylic acids is 1. The zero-order chi connectivity index (χ0) is 12.4. The lowest BCUT2D eigenvalue weighted by Gasteiger charge is -2.03. The molecule has 0 saturated carbocycles. The van der Waals surface area contributed by atoms with Crippen LogP contribution in [0.2, 0.25) is 0 Å². The van der Waals surface area contributed by atoms with Crippen LogP contribution < -0.4 is 5.32 Å². The predicted octanol–water partition coefficient (Wildman–Crippen LogP) is 2.34. The molecule has 1 aromatic carbocycles. The summed E-state index contributed by atoms with van der Waals surface area (Å²) in [5, 5.41) is 2.79. The molecule has 18 heavy (non-hydrogen) atoms. The van der Waals surface area contributed by atoms with Gasteiger partial charge in [-0.3, -0.25) is 4.79 Å². The van der Waals surface area contributed by atoms with E-state index in [-0.39, 0.29) is 5.91 Å². The third kappa shape index (κ3) is 2.05. The molecule has 1 amide bonds. The minimum absolute atomic E-state index is 0.249. The summed E-state index contributed by atoms with van der Waals surface area (Å²) in [6, 6.07) is 7.16. The molecule has 0 unspecified atom stereocenters. The van der Waals surface area contributed by atoms with Gasteiger partial charge in [-0.2, -0.15) is 0 Å². The van der Waals surface area contributed by atoms with Crippen molar-refractivity contribution in [2.24, 2.45) is 0 Å². The summed E-state index contributed by atoms with van der Waals surface area (Å²) >= 11 is 1.54. The lowest BCUT2D eigenvalue weighted by molar-refractivity contribution is 0.102. The summed E-state index contributed by atoms with van der Waals surface area (Å²) < 4.78 is 1.04. The van der Waals surface area contributed by atoms with Crippen LogP contribution in [0.5, 0.6) is 0 Å². The predicted molar refractivity (Wildman–Crippen MR) is 69.6 cm³/mol. The fraction of sp³-hybridized carbons (Fsp3) is 0. The molecule has 0 fully saturated rings. The van der Waals surface area contributed by atoms with E-state index >= 15 is 0 Å². The molecule has 88 valence electrons. The highest BCUT2D eigenvalue weighted by atomic mass is 32.1. The van der Waals surface area contributed by atoms with E-state index in [2.05, 4.69) is 20.3 Å². The SMILES string of the molecule is O=C(Nc1ccc2ncsc2c1)c1ccncn1. The first-order chi connectivity index (χ1) is 8.83. The highest BCUT2D eigenvalue weighted by Gasteiger charge is 2.07. The van der Waals surface area contributed by atoms with Crippen molar-refractivity contribution in [2.75, 3.05) is 5.32 Å². The van der Waals surface area contributed by atoms with E-state index in [1.165, 1.54) is 23.9 Å². The monoisotopic (exact) mass is 256 g/mol. The molecule has 0 bridgehead atoms. The largest absolute Gasteiger partial charge is 0.321 e. The van der Waals surface area contributed by atoms with E-state index in [9.17, 15) is 4.79 Å². The second-order valence-corrected chi connectivity index (χ2v) is 4.47. The Morgan fingerprint density at radius 2 is 2.17 bits per heavy atom. The molecule has 6 heteroatoms. The van der Waals surface area contributed by atoms with Crippen LogP contribution in [0.1, 0.15) is 10.5 Å². The van der Waals surface area contributed by atoms with E-state index in [0.29, 0.717) is 5.69 Å². The fourth-order valence-corrected chi connectivity index (χ4v) is 2.27. The average Bonchev–Trinajstić information content (AvgIpc) is 2.87. The molecule has 0 aliphatic heterocycles. The summed E-state index contributed by atoms with van der Waals surface area (Å²) in [4.78, 5) is 23.7. The number of carbonyl (C=O) groups is 1. The van der Waals surface area contributed by atoms with Crippen LogP contribution >= 0.6 is 11.3 Å². The number of hydrogen-bond donors (Lipinski definition) is 1. The Morgan fingerprint density at radius 3 is 3.00 bits per heavy atom. The number of nitrogens with one attached hydrogen (secondary N) is 1. The topological polar surface area (TPSA) is 67.8 Å². The van der Waals surface area contributed by atoms with Gasteiger partial charge in [0, 0.05) is 11.9 Å². The molecular weight excluding hydrogens is 248 g/mol. The van der Waals surface area contributed by atoms with Gasteiger partial charge in [0.05, 0.1) is 15.7 Å². The number of hydrogen-bond acceptors (Lipinski definition) is 5. The van der Waals surface area contributed by atoms with E-state index in [1.54, 1.807) is 11.6 Å². The summed E-state index contributed by atoms with van der Waals surface area (Å²) in [6.07, 6.45) is 2.88. The molecule has 3 rings (SSSR count). The number of amides is 1. The maximum Gasteiger partial charge on any atom is 0.274 e. The summed E-state index contributed by atoms with van der Waals surface area (Å²) in [6.45, 7) is 0. The van der Waals surface area contributed by atoms with Crippen LogP contribution in [0, 0.1) is 0 Å². The summed E-state index contributed by atoms with van der Waals surface area (Å²) in [5.41, 5.74) is 3.78. The third-order valence-corrected chi connectivity index (χ3v) is 3.20. The van der Waals surface area contributed by atoms with Crippen molar-refractivity contribution in [3.8, 4) is 0 Å². The van der Waals surface area contributed by atoms with Gasteiger partial charge in [-0.25, -0.2) is 15.0 Å². The first-order valence-corrected chi connectivity index (χ1v) is 6.11. The standard InChI is InChI=1S/C12H8N4OS/c17-12(10-3-4-13-6-14-10)16-8-1-2-9-11(5-8)18-7-15-9/h1-7H,(H,16,17). The Labute approximate surface area is 107 Å². The third-order valence-electron chi connectivity index (χ3n) is 2.40. The fourth-order valence-electron chi connectivity index (χ4n) is 1.55. The summed E-state index contributed by atoms with van der Waals surface area (Å²) in [7, 11) is 0. The van der Waals surface area contributed by atoms with Gasteiger partial charge < -0.3 is 5.32 Å². The van der Waals surface area contributed by atoms with Crippen molar-refractivity contribution in [3.63, 3.8) is 0 Å².